The highest BCUT2D eigenvalue weighted by molar-refractivity contribution is 4.67. The van der Waals surface area contributed by atoms with E-state index in [-0.39, 0.29) is 0 Å². The zero-order valence-corrected chi connectivity index (χ0v) is 12.2. The van der Waals surface area contributed by atoms with E-state index in [9.17, 15) is 0 Å². The van der Waals surface area contributed by atoms with Crippen LogP contribution in [0.3, 0.4) is 0 Å². The van der Waals surface area contributed by atoms with E-state index in [0.29, 0.717) is 6.04 Å². The van der Waals surface area contributed by atoms with Gasteiger partial charge < -0.3 is 10.2 Å². The van der Waals surface area contributed by atoms with Crippen molar-refractivity contribution >= 4 is 0 Å². The summed E-state index contributed by atoms with van der Waals surface area (Å²) in [6, 6.07) is 1.42. The van der Waals surface area contributed by atoms with Crippen molar-refractivity contribution in [2.75, 3.05) is 20.6 Å². The third-order valence-corrected chi connectivity index (χ3v) is 3.53. The molecule has 0 aliphatic rings. The van der Waals surface area contributed by atoms with Gasteiger partial charge in [0.25, 0.3) is 0 Å². The quantitative estimate of drug-likeness (QED) is 0.652. The lowest BCUT2D eigenvalue weighted by Crippen LogP contribution is -2.32. The largest absolute Gasteiger partial charge is 0.317 e. The predicted molar refractivity (Wildman–Crippen MR) is 73.9 cm³/mol. The Morgan fingerprint density at radius 1 is 1.19 bits per heavy atom. The molecule has 0 aliphatic carbocycles. The standard InChI is InChI=1S/C14H32N2/c1-7-14(15-5)9-8-10-16(6)13(4)11-12(2)3/h12-15H,7-11H2,1-6H3. The average Bonchev–Trinajstić information content (AvgIpc) is 2.23. The van der Waals surface area contributed by atoms with Crippen molar-refractivity contribution in [3.63, 3.8) is 0 Å². The molecule has 2 unspecified atom stereocenters. The monoisotopic (exact) mass is 228 g/mol. The van der Waals surface area contributed by atoms with E-state index >= 15 is 0 Å². The molecule has 0 aromatic heterocycles. The predicted octanol–water partition coefficient (Wildman–Crippen LogP) is 3.13. The summed E-state index contributed by atoms with van der Waals surface area (Å²) in [7, 11) is 4.33. The second-order valence-corrected chi connectivity index (χ2v) is 5.50. The van der Waals surface area contributed by atoms with Crippen molar-refractivity contribution < 1.29 is 0 Å². The Labute approximate surface area is 103 Å². The number of nitrogens with one attached hydrogen (secondary N) is 1. The normalized spacial score (nSPS) is 15.8. The van der Waals surface area contributed by atoms with Crippen molar-refractivity contribution in [3.8, 4) is 0 Å². The van der Waals surface area contributed by atoms with Gasteiger partial charge in [-0.15, -0.1) is 0 Å². The average molecular weight is 228 g/mol. The van der Waals surface area contributed by atoms with Crippen molar-refractivity contribution in [1.82, 2.24) is 10.2 Å². The van der Waals surface area contributed by atoms with Crippen molar-refractivity contribution in [1.29, 1.82) is 0 Å². The minimum absolute atomic E-state index is 0.703. The topological polar surface area (TPSA) is 15.3 Å². The van der Waals surface area contributed by atoms with Gasteiger partial charge in [-0.1, -0.05) is 20.8 Å². The second kappa shape index (κ2) is 9.00. The molecule has 0 aromatic carbocycles. The number of hydrogen-bond donors (Lipinski definition) is 1. The second-order valence-electron chi connectivity index (χ2n) is 5.50. The highest BCUT2D eigenvalue weighted by atomic mass is 15.1. The smallest absolute Gasteiger partial charge is 0.00663 e. The first-order valence-corrected chi connectivity index (χ1v) is 6.88. The molecule has 2 nitrogen and oxygen atoms in total. The zero-order chi connectivity index (χ0) is 12.6. The van der Waals surface area contributed by atoms with Gasteiger partial charge >= 0.3 is 0 Å². The SMILES string of the molecule is CCC(CCCN(C)C(C)CC(C)C)NC. The molecule has 0 radical (unpaired) electrons. The van der Waals surface area contributed by atoms with Crippen LogP contribution in [0.2, 0.25) is 0 Å². The minimum Gasteiger partial charge on any atom is -0.317 e. The Kier molecular flexibility index (Phi) is 8.96. The minimum atomic E-state index is 0.703. The molecule has 0 saturated heterocycles. The van der Waals surface area contributed by atoms with Gasteiger partial charge in [0.15, 0.2) is 0 Å². The fourth-order valence-corrected chi connectivity index (χ4v) is 2.22. The van der Waals surface area contributed by atoms with Crippen LogP contribution in [0.4, 0.5) is 0 Å². The van der Waals surface area contributed by atoms with Gasteiger partial charge in [0.05, 0.1) is 0 Å². The Morgan fingerprint density at radius 3 is 2.25 bits per heavy atom. The fourth-order valence-electron chi connectivity index (χ4n) is 2.22. The van der Waals surface area contributed by atoms with Gasteiger partial charge in [0, 0.05) is 12.1 Å². The first-order valence-electron chi connectivity index (χ1n) is 6.88. The molecule has 0 aliphatic heterocycles. The summed E-state index contributed by atoms with van der Waals surface area (Å²) < 4.78 is 0. The lowest BCUT2D eigenvalue weighted by Gasteiger charge is -2.26. The molecule has 1 N–H and O–H groups in total. The Balaban J connectivity index is 3.67. The van der Waals surface area contributed by atoms with Crippen LogP contribution in [-0.4, -0.2) is 37.6 Å². The third kappa shape index (κ3) is 7.24. The van der Waals surface area contributed by atoms with Gasteiger partial charge in [0.2, 0.25) is 0 Å². The van der Waals surface area contributed by atoms with Crippen molar-refractivity contribution in [2.24, 2.45) is 5.92 Å². The van der Waals surface area contributed by atoms with Crippen molar-refractivity contribution in [3.05, 3.63) is 0 Å². The van der Waals surface area contributed by atoms with Gasteiger partial charge in [-0.05, 0) is 59.2 Å². The molecular formula is C14H32N2. The van der Waals surface area contributed by atoms with E-state index < -0.39 is 0 Å². The molecule has 0 spiro atoms. The molecule has 0 heterocycles. The molecule has 16 heavy (non-hydrogen) atoms. The van der Waals surface area contributed by atoms with Crippen LogP contribution in [0.25, 0.3) is 0 Å². The summed E-state index contributed by atoms with van der Waals surface area (Å²) in [5.74, 6) is 0.804. The molecular weight excluding hydrogens is 196 g/mol. The van der Waals surface area contributed by atoms with Crippen LogP contribution >= 0.6 is 0 Å². The highest BCUT2D eigenvalue weighted by Gasteiger charge is 2.11. The van der Waals surface area contributed by atoms with Crippen LogP contribution in [0.5, 0.6) is 0 Å². The first kappa shape index (κ1) is 15.9. The molecule has 2 atom stereocenters. The highest BCUT2D eigenvalue weighted by Crippen LogP contribution is 2.11. The lowest BCUT2D eigenvalue weighted by molar-refractivity contribution is 0.221. The van der Waals surface area contributed by atoms with Crippen LogP contribution in [0.1, 0.15) is 53.4 Å². The van der Waals surface area contributed by atoms with E-state index in [1.807, 2.05) is 0 Å². The molecule has 98 valence electrons. The molecule has 0 bridgehead atoms. The molecule has 0 amide bonds. The third-order valence-electron chi connectivity index (χ3n) is 3.53. The van der Waals surface area contributed by atoms with Crippen LogP contribution < -0.4 is 5.32 Å². The maximum Gasteiger partial charge on any atom is 0.00663 e. The van der Waals surface area contributed by atoms with Crippen LogP contribution in [-0.2, 0) is 0 Å². The fraction of sp³-hybridized carbons (Fsp3) is 1.00. The summed E-state index contributed by atoms with van der Waals surface area (Å²) in [5.41, 5.74) is 0. The van der Waals surface area contributed by atoms with E-state index in [1.54, 1.807) is 0 Å². The Hall–Kier alpha value is -0.0800. The first-order chi connectivity index (χ1) is 7.51. The Bertz CT molecular complexity index is 153. The number of rotatable bonds is 9. The van der Waals surface area contributed by atoms with E-state index in [1.165, 1.54) is 32.2 Å². The molecule has 2 heteroatoms. The van der Waals surface area contributed by atoms with E-state index in [0.717, 1.165) is 12.0 Å². The number of hydrogen-bond acceptors (Lipinski definition) is 2. The summed E-state index contributed by atoms with van der Waals surface area (Å²) in [6.45, 7) is 10.4. The zero-order valence-electron chi connectivity index (χ0n) is 12.2. The van der Waals surface area contributed by atoms with Gasteiger partial charge in [0.1, 0.15) is 0 Å². The summed E-state index contributed by atoms with van der Waals surface area (Å²) >= 11 is 0. The maximum atomic E-state index is 3.37. The molecule has 0 fully saturated rings. The molecule has 0 saturated carbocycles. The Morgan fingerprint density at radius 2 is 1.81 bits per heavy atom. The van der Waals surface area contributed by atoms with Crippen LogP contribution in [0, 0.1) is 5.92 Å². The van der Waals surface area contributed by atoms with Gasteiger partial charge in [-0.3, -0.25) is 0 Å². The lowest BCUT2D eigenvalue weighted by atomic mass is 10.0. The molecule has 0 rings (SSSR count). The summed E-state index contributed by atoms with van der Waals surface area (Å²) in [6.07, 6.45) is 5.14. The maximum absolute atomic E-state index is 3.37. The number of nitrogens with zero attached hydrogens (tertiary/aromatic N) is 1. The van der Waals surface area contributed by atoms with Gasteiger partial charge in [-0.25, -0.2) is 0 Å². The van der Waals surface area contributed by atoms with E-state index in [4.69, 9.17) is 0 Å². The van der Waals surface area contributed by atoms with Crippen LogP contribution in [0.15, 0.2) is 0 Å². The van der Waals surface area contributed by atoms with Gasteiger partial charge in [-0.2, -0.15) is 0 Å². The molecule has 0 aromatic rings. The van der Waals surface area contributed by atoms with Crippen molar-refractivity contribution in [2.45, 2.75) is 65.5 Å². The summed E-state index contributed by atoms with van der Waals surface area (Å²) in [5, 5.41) is 3.37. The van der Waals surface area contributed by atoms with E-state index in [2.05, 4.69) is 52.0 Å². The summed E-state index contributed by atoms with van der Waals surface area (Å²) in [4.78, 5) is 2.50.